The van der Waals surface area contributed by atoms with Gasteiger partial charge in [0.15, 0.2) is 0 Å². The van der Waals surface area contributed by atoms with Crippen LogP contribution in [0.3, 0.4) is 0 Å². The number of amides is 1. The second kappa shape index (κ2) is 8.95. The Kier molecular flexibility index (Phi) is 5.49. The lowest BCUT2D eigenvalue weighted by molar-refractivity contribution is 0.104. The molecular weight excluding hydrogens is 438 g/mol. The second-order valence-corrected chi connectivity index (χ2v) is 9.19. The van der Waals surface area contributed by atoms with Gasteiger partial charge in [-0.05, 0) is 65.8 Å². The Hall–Kier alpha value is -4.06. The molecule has 6 rings (SSSR count). The highest BCUT2D eigenvalue weighted by molar-refractivity contribution is 5.93. The van der Waals surface area contributed by atoms with Crippen LogP contribution in [0, 0.1) is 0 Å². The fraction of sp³-hybridized carbons (Fsp3) is 0.241. The van der Waals surface area contributed by atoms with Crippen LogP contribution in [0.4, 0.5) is 16.3 Å². The van der Waals surface area contributed by atoms with E-state index in [0.717, 1.165) is 84.4 Å². The molecule has 0 bridgehead atoms. The van der Waals surface area contributed by atoms with Crippen molar-refractivity contribution in [1.82, 2.24) is 9.47 Å². The molecule has 1 fully saturated rings. The maximum absolute atomic E-state index is 12.5. The summed E-state index contributed by atoms with van der Waals surface area (Å²) in [4.78, 5) is 28.6. The summed E-state index contributed by atoms with van der Waals surface area (Å²) in [5.41, 5.74) is 6.42. The number of aromatic nitrogens is 1. The monoisotopic (exact) mass is 465 g/mol. The minimum atomic E-state index is -0.248. The normalized spacial score (nSPS) is 15.0. The van der Waals surface area contributed by atoms with Crippen molar-refractivity contribution in [1.29, 1.82) is 0 Å². The maximum Gasteiger partial charge on any atom is 0.410 e. The highest BCUT2D eigenvalue weighted by Gasteiger charge is 2.28. The smallest absolute Gasteiger partial charge is 0.410 e. The lowest BCUT2D eigenvalue weighted by Gasteiger charge is -2.22. The summed E-state index contributed by atoms with van der Waals surface area (Å²) in [5, 5.41) is 1.03. The summed E-state index contributed by atoms with van der Waals surface area (Å²) in [7, 11) is 0. The van der Waals surface area contributed by atoms with Gasteiger partial charge in [-0.1, -0.05) is 48.5 Å². The molecule has 1 aromatic heterocycles. The van der Waals surface area contributed by atoms with Crippen LogP contribution in [0.25, 0.3) is 22.0 Å². The molecule has 0 N–H and O–H groups in total. The number of nitrogens with zero attached hydrogens (tertiary/aromatic N) is 3. The van der Waals surface area contributed by atoms with E-state index in [9.17, 15) is 9.59 Å². The Morgan fingerprint density at radius 2 is 1.69 bits per heavy atom. The van der Waals surface area contributed by atoms with E-state index in [4.69, 9.17) is 4.74 Å². The molecule has 0 saturated carbocycles. The summed E-state index contributed by atoms with van der Waals surface area (Å²) in [6.45, 7) is 2.52. The fourth-order valence-electron chi connectivity index (χ4n) is 5.37. The zero-order valence-corrected chi connectivity index (χ0v) is 19.5. The average Bonchev–Trinajstić information content (AvgIpc) is 3.65. The van der Waals surface area contributed by atoms with Crippen molar-refractivity contribution < 1.29 is 14.3 Å². The molecule has 0 aliphatic carbocycles. The molecule has 4 aromatic rings. The molecule has 0 radical (unpaired) electrons. The Morgan fingerprint density at radius 1 is 0.914 bits per heavy atom. The minimum absolute atomic E-state index is 0.215. The number of rotatable bonds is 5. The molecule has 6 nitrogen and oxygen atoms in total. The molecule has 35 heavy (non-hydrogen) atoms. The van der Waals surface area contributed by atoms with Gasteiger partial charge in [0.1, 0.15) is 12.4 Å². The summed E-state index contributed by atoms with van der Waals surface area (Å²) in [6.07, 6.45) is 3.57. The molecule has 0 unspecified atom stereocenters. The summed E-state index contributed by atoms with van der Waals surface area (Å²) in [5.74, 6) is 0.852. The van der Waals surface area contributed by atoms with Gasteiger partial charge in [-0.15, -0.1) is 0 Å². The number of hydrogen-bond donors (Lipinski definition) is 0. The average molecular weight is 466 g/mol. The predicted molar refractivity (Wildman–Crippen MR) is 138 cm³/mol. The summed E-state index contributed by atoms with van der Waals surface area (Å²) in [6, 6.07) is 24.6. The number of para-hydroxylation sites is 1. The topological polar surface area (TPSA) is 54.8 Å². The quantitative estimate of drug-likeness (QED) is 0.351. The van der Waals surface area contributed by atoms with Crippen molar-refractivity contribution in [2.75, 3.05) is 24.5 Å². The zero-order valence-electron chi connectivity index (χ0n) is 19.5. The minimum Gasteiger partial charge on any atom is -0.445 e. The molecule has 176 valence electrons. The lowest BCUT2D eigenvalue weighted by Crippen LogP contribution is -2.28. The number of ether oxygens (including phenoxy) is 1. The third-order valence-electron chi connectivity index (χ3n) is 7.08. The van der Waals surface area contributed by atoms with E-state index < -0.39 is 0 Å². The molecule has 3 heterocycles. The standard InChI is InChI=1S/C29H27N3O3/c33-20-32-26-11-5-4-10-23(26)18-28(32)31-15-12-24-25(22-8-2-1-3-9-22)16-21(17-27(24)31)19-35-29(34)30-13-6-7-14-30/h1-5,8-11,16-18,20H,6-7,12-15,19H2. The Balaban J connectivity index is 1.41. The first-order chi connectivity index (χ1) is 17.2. The largest absolute Gasteiger partial charge is 0.445 e. The van der Waals surface area contributed by atoms with Crippen molar-refractivity contribution in [3.63, 3.8) is 0 Å². The number of carbonyl (C=O) groups excluding carboxylic acids is 2. The first kappa shape index (κ1) is 21.5. The first-order valence-corrected chi connectivity index (χ1v) is 12.2. The molecule has 6 heteroatoms. The van der Waals surface area contributed by atoms with Gasteiger partial charge in [0.2, 0.25) is 6.41 Å². The SMILES string of the molecule is O=Cn1c(N2CCc3c(-c4ccccc4)cc(COC(=O)N4CCCC4)cc32)cc2ccccc21. The zero-order chi connectivity index (χ0) is 23.8. The third kappa shape index (κ3) is 3.85. The Labute approximate surface area is 204 Å². The van der Waals surface area contributed by atoms with Crippen LogP contribution in [-0.4, -0.2) is 41.6 Å². The van der Waals surface area contributed by atoms with E-state index in [1.807, 2.05) is 42.5 Å². The van der Waals surface area contributed by atoms with Crippen LogP contribution >= 0.6 is 0 Å². The Bertz CT molecular complexity index is 1400. The molecule has 2 aliphatic heterocycles. The number of anilines is 2. The van der Waals surface area contributed by atoms with E-state index in [0.29, 0.717) is 0 Å². The molecule has 0 spiro atoms. The van der Waals surface area contributed by atoms with Gasteiger partial charge in [0.25, 0.3) is 0 Å². The van der Waals surface area contributed by atoms with E-state index in [1.165, 1.54) is 5.56 Å². The molecule has 0 atom stereocenters. The van der Waals surface area contributed by atoms with Crippen LogP contribution < -0.4 is 4.90 Å². The van der Waals surface area contributed by atoms with Gasteiger partial charge in [0.05, 0.1) is 5.52 Å². The highest BCUT2D eigenvalue weighted by atomic mass is 16.6. The van der Waals surface area contributed by atoms with Crippen molar-refractivity contribution in [3.8, 4) is 11.1 Å². The fourth-order valence-corrected chi connectivity index (χ4v) is 5.37. The van der Waals surface area contributed by atoms with Gasteiger partial charge in [-0.3, -0.25) is 9.36 Å². The summed E-state index contributed by atoms with van der Waals surface area (Å²) >= 11 is 0. The third-order valence-corrected chi connectivity index (χ3v) is 7.08. The highest BCUT2D eigenvalue weighted by Crippen LogP contribution is 2.42. The van der Waals surface area contributed by atoms with E-state index in [2.05, 4.69) is 35.2 Å². The number of benzene rings is 3. The van der Waals surface area contributed by atoms with E-state index in [1.54, 1.807) is 9.47 Å². The van der Waals surface area contributed by atoms with Crippen LogP contribution in [0.15, 0.2) is 72.8 Å². The predicted octanol–water partition coefficient (Wildman–Crippen LogP) is 5.77. The van der Waals surface area contributed by atoms with E-state index in [-0.39, 0.29) is 12.7 Å². The molecule has 1 amide bonds. The van der Waals surface area contributed by atoms with Crippen molar-refractivity contribution >= 4 is 34.9 Å². The second-order valence-electron chi connectivity index (χ2n) is 9.19. The summed E-state index contributed by atoms with van der Waals surface area (Å²) < 4.78 is 7.42. The molecule has 3 aromatic carbocycles. The van der Waals surface area contributed by atoms with Gasteiger partial charge in [-0.25, -0.2) is 4.79 Å². The van der Waals surface area contributed by atoms with Crippen LogP contribution in [0.1, 0.15) is 24.0 Å². The van der Waals surface area contributed by atoms with Crippen molar-refractivity contribution in [3.05, 3.63) is 83.9 Å². The van der Waals surface area contributed by atoms with Gasteiger partial charge >= 0.3 is 6.09 Å². The maximum atomic E-state index is 12.5. The molecule has 2 aliphatic rings. The number of likely N-dealkylation sites (tertiary alicyclic amines) is 1. The Morgan fingerprint density at radius 3 is 2.49 bits per heavy atom. The van der Waals surface area contributed by atoms with Crippen LogP contribution in [-0.2, 0) is 22.6 Å². The van der Waals surface area contributed by atoms with Gasteiger partial charge < -0.3 is 14.5 Å². The van der Waals surface area contributed by atoms with Crippen LogP contribution in [0.5, 0.6) is 0 Å². The first-order valence-electron chi connectivity index (χ1n) is 12.2. The van der Waals surface area contributed by atoms with Gasteiger partial charge in [-0.2, -0.15) is 0 Å². The van der Waals surface area contributed by atoms with Gasteiger partial charge in [0, 0.05) is 30.7 Å². The van der Waals surface area contributed by atoms with Crippen LogP contribution in [0.2, 0.25) is 0 Å². The number of hydrogen-bond acceptors (Lipinski definition) is 4. The molecular formula is C29H27N3O3. The lowest BCUT2D eigenvalue weighted by atomic mass is 9.95. The van der Waals surface area contributed by atoms with Crippen molar-refractivity contribution in [2.45, 2.75) is 25.9 Å². The van der Waals surface area contributed by atoms with E-state index >= 15 is 0 Å². The number of fused-ring (bicyclic) bond motifs is 2. The van der Waals surface area contributed by atoms with Crippen molar-refractivity contribution in [2.24, 2.45) is 0 Å². The molecule has 1 saturated heterocycles. The number of carbonyl (C=O) groups is 2.